The Morgan fingerprint density at radius 2 is 1.90 bits per heavy atom. The van der Waals surface area contributed by atoms with Gasteiger partial charge >= 0.3 is 0 Å². The van der Waals surface area contributed by atoms with E-state index >= 15 is 0 Å². The zero-order valence-corrected chi connectivity index (χ0v) is 12.0. The number of methoxy groups -OCH3 is 1. The molecule has 0 amide bonds. The quantitative estimate of drug-likeness (QED) is 0.849. The molecule has 2 rings (SSSR count). The molecule has 0 aliphatic rings. The summed E-state index contributed by atoms with van der Waals surface area (Å²) in [5.74, 6) is 0.901. The van der Waals surface area contributed by atoms with Crippen molar-refractivity contribution >= 4 is 0 Å². The molecule has 106 valence electrons. The first-order chi connectivity index (χ1) is 9.70. The Labute approximate surface area is 120 Å². The Bertz CT molecular complexity index is 540. The molecule has 0 spiro atoms. The van der Waals surface area contributed by atoms with Gasteiger partial charge < -0.3 is 15.2 Å². The maximum absolute atomic E-state index is 10.1. The molecular weight excluding hydrogens is 250 g/mol. The van der Waals surface area contributed by atoms with Crippen molar-refractivity contribution in [1.29, 1.82) is 0 Å². The van der Waals surface area contributed by atoms with Crippen LogP contribution in [0.1, 0.15) is 22.8 Å². The smallest absolute Gasteiger partial charge is 0.121 e. The molecule has 0 saturated heterocycles. The minimum Gasteiger partial charge on any atom is -0.496 e. The van der Waals surface area contributed by atoms with E-state index in [4.69, 9.17) is 4.74 Å². The molecule has 2 N–H and O–H groups in total. The van der Waals surface area contributed by atoms with Crippen molar-refractivity contribution in [3.8, 4) is 5.75 Å². The summed E-state index contributed by atoms with van der Waals surface area (Å²) in [6.07, 6.45) is -0.476. The van der Waals surface area contributed by atoms with Crippen LogP contribution in [0.2, 0.25) is 0 Å². The standard InChI is InChI=1S/C17H21NO2/c1-13-10-14(8-9-17(13)20-2)11-18-12-16(19)15-6-4-3-5-7-15/h3-10,16,18-19H,11-12H2,1-2H3. The van der Waals surface area contributed by atoms with Crippen molar-refractivity contribution in [2.24, 2.45) is 0 Å². The molecule has 0 heterocycles. The van der Waals surface area contributed by atoms with Crippen LogP contribution in [0.3, 0.4) is 0 Å². The minimum absolute atomic E-state index is 0.476. The zero-order valence-electron chi connectivity index (χ0n) is 12.0. The van der Waals surface area contributed by atoms with Crippen LogP contribution in [0, 0.1) is 6.92 Å². The monoisotopic (exact) mass is 271 g/mol. The third-order valence-corrected chi connectivity index (χ3v) is 3.31. The first kappa shape index (κ1) is 14.6. The number of aliphatic hydroxyl groups excluding tert-OH is 1. The third kappa shape index (κ3) is 3.83. The summed E-state index contributed by atoms with van der Waals surface area (Å²) in [4.78, 5) is 0. The Hall–Kier alpha value is -1.84. The summed E-state index contributed by atoms with van der Waals surface area (Å²) in [5.41, 5.74) is 3.24. The highest BCUT2D eigenvalue weighted by atomic mass is 16.5. The topological polar surface area (TPSA) is 41.5 Å². The van der Waals surface area contributed by atoms with Crippen molar-refractivity contribution in [1.82, 2.24) is 5.32 Å². The third-order valence-electron chi connectivity index (χ3n) is 3.31. The van der Waals surface area contributed by atoms with E-state index in [0.717, 1.165) is 23.4 Å². The molecule has 3 nitrogen and oxygen atoms in total. The molecule has 0 aromatic heterocycles. The van der Waals surface area contributed by atoms with E-state index in [1.165, 1.54) is 5.56 Å². The SMILES string of the molecule is COc1ccc(CNCC(O)c2ccccc2)cc1C. The first-order valence-corrected chi connectivity index (χ1v) is 6.78. The maximum Gasteiger partial charge on any atom is 0.121 e. The fourth-order valence-electron chi connectivity index (χ4n) is 2.20. The number of nitrogens with one attached hydrogen (secondary N) is 1. The van der Waals surface area contributed by atoms with Crippen molar-refractivity contribution in [2.45, 2.75) is 19.6 Å². The van der Waals surface area contributed by atoms with Gasteiger partial charge in [-0.05, 0) is 29.7 Å². The maximum atomic E-state index is 10.1. The minimum atomic E-state index is -0.476. The van der Waals surface area contributed by atoms with E-state index in [1.807, 2.05) is 49.4 Å². The molecule has 0 aliphatic carbocycles. The second-order valence-corrected chi connectivity index (χ2v) is 4.86. The number of aliphatic hydroxyl groups is 1. The Kier molecular flexibility index (Phi) is 5.16. The highest BCUT2D eigenvalue weighted by Crippen LogP contribution is 2.18. The first-order valence-electron chi connectivity index (χ1n) is 6.78. The zero-order chi connectivity index (χ0) is 14.4. The van der Waals surface area contributed by atoms with E-state index in [9.17, 15) is 5.11 Å². The molecule has 3 heteroatoms. The lowest BCUT2D eigenvalue weighted by atomic mass is 10.1. The fourth-order valence-corrected chi connectivity index (χ4v) is 2.20. The second kappa shape index (κ2) is 7.08. The van der Waals surface area contributed by atoms with Crippen molar-refractivity contribution in [3.63, 3.8) is 0 Å². The molecule has 2 aromatic carbocycles. The van der Waals surface area contributed by atoms with Gasteiger partial charge in [-0.1, -0.05) is 42.5 Å². The fraction of sp³-hybridized carbons (Fsp3) is 0.294. The van der Waals surface area contributed by atoms with Gasteiger partial charge in [0.25, 0.3) is 0 Å². The lowest BCUT2D eigenvalue weighted by Gasteiger charge is -2.13. The van der Waals surface area contributed by atoms with E-state index in [-0.39, 0.29) is 0 Å². The van der Waals surface area contributed by atoms with E-state index < -0.39 is 6.10 Å². The molecule has 0 bridgehead atoms. The summed E-state index contributed by atoms with van der Waals surface area (Å²) in [6.45, 7) is 3.30. The van der Waals surface area contributed by atoms with Crippen molar-refractivity contribution in [2.75, 3.05) is 13.7 Å². The number of benzene rings is 2. The van der Waals surface area contributed by atoms with Crippen LogP contribution in [0.15, 0.2) is 48.5 Å². The van der Waals surface area contributed by atoms with Gasteiger partial charge in [0, 0.05) is 13.1 Å². The Morgan fingerprint density at radius 1 is 1.15 bits per heavy atom. The number of aryl methyl sites for hydroxylation is 1. The van der Waals surface area contributed by atoms with Gasteiger partial charge in [0.2, 0.25) is 0 Å². The Balaban J connectivity index is 1.85. The molecule has 0 aliphatic heterocycles. The number of hydrogen-bond acceptors (Lipinski definition) is 3. The van der Waals surface area contributed by atoms with Crippen LogP contribution in [0.4, 0.5) is 0 Å². The normalized spacial score (nSPS) is 12.2. The largest absolute Gasteiger partial charge is 0.496 e. The average molecular weight is 271 g/mol. The average Bonchev–Trinajstić information content (AvgIpc) is 2.48. The van der Waals surface area contributed by atoms with Gasteiger partial charge in [-0.2, -0.15) is 0 Å². The molecule has 20 heavy (non-hydrogen) atoms. The predicted octanol–water partition coefficient (Wildman–Crippen LogP) is 2.83. The highest BCUT2D eigenvalue weighted by molar-refractivity contribution is 5.36. The second-order valence-electron chi connectivity index (χ2n) is 4.86. The molecular formula is C17H21NO2. The molecule has 1 unspecified atom stereocenters. The van der Waals surface area contributed by atoms with E-state index in [2.05, 4.69) is 11.4 Å². The van der Waals surface area contributed by atoms with Gasteiger partial charge in [0.15, 0.2) is 0 Å². The number of hydrogen-bond donors (Lipinski definition) is 2. The molecule has 0 saturated carbocycles. The summed E-state index contributed by atoms with van der Waals surface area (Å²) in [6, 6.07) is 15.8. The summed E-state index contributed by atoms with van der Waals surface area (Å²) in [5, 5.41) is 13.3. The molecule has 2 aromatic rings. The van der Waals surface area contributed by atoms with Crippen LogP contribution in [-0.4, -0.2) is 18.8 Å². The van der Waals surface area contributed by atoms with Gasteiger partial charge in [-0.15, -0.1) is 0 Å². The lowest BCUT2D eigenvalue weighted by Crippen LogP contribution is -2.21. The van der Waals surface area contributed by atoms with Crippen molar-refractivity contribution in [3.05, 3.63) is 65.2 Å². The molecule has 0 fully saturated rings. The highest BCUT2D eigenvalue weighted by Gasteiger charge is 2.06. The van der Waals surface area contributed by atoms with Crippen LogP contribution in [0.5, 0.6) is 5.75 Å². The van der Waals surface area contributed by atoms with E-state index in [0.29, 0.717) is 6.54 Å². The van der Waals surface area contributed by atoms with E-state index in [1.54, 1.807) is 7.11 Å². The predicted molar refractivity (Wildman–Crippen MR) is 80.8 cm³/mol. The lowest BCUT2D eigenvalue weighted by molar-refractivity contribution is 0.174. The molecule has 1 atom stereocenters. The van der Waals surface area contributed by atoms with Gasteiger partial charge in [-0.3, -0.25) is 0 Å². The van der Waals surface area contributed by atoms with Crippen molar-refractivity contribution < 1.29 is 9.84 Å². The van der Waals surface area contributed by atoms with Crippen LogP contribution >= 0.6 is 0 Å². The number of rotatable bonds is 6. The Morgan fingerprint density at radius 3 is 2.55 bits per heavy atom. The molecule has 0 radical (unpaired) electrons. The van der Waals surface area contributed by atoms with Gasteiger partial charge in [-0.25, -0.2) is 0 Å². The van der Waals surface area contributed by atoms with Crippen LogP contribution < -0.4 is 10.1 Å². The summed E-state index contributed by atoms with van der Waals surface area (Å²) >= 11 is 0. The number of ether oxygens (including phenoxy) is 1. The summed E-state index contributed by atoms with van der Waals surface area (Å²) < 4.78 is 5.24. The van der Waals surface area contributed by atoms with Crippen LogP contribution in [0.25, 0.3) is 0 Å². The summed E-state index contributed by atoms with van der Waals surface area (Å²) in [7, 11) is 1.68. The van der Waals surface area contributed by atoms with Crippen LogP contribution in [-0.2, 0) is 6.54 Å². The van der Waals surface area contributed by atoms with Gasteiger partial charge in [0.05, 0.1) is 13.2 Å². The van der Waals surface area contributed by atoms with Gasteiger partial charge in [0.1, 0.15) is 5.75 Å².